The summed E-state index contributed by atoms with van der Waals surface area (Å²) in [7, 11) is 4.34. The van der Waals surface area contributed by atoms with Gasteiger partial charge in [-0.2, -0.15) is 13.8 Å². The van der Waals surface area contributed by atoms with E-state index in [1.54, 1.807) is 21.0 Å². The third-order valence-corrected chi connectivity index (χ3v) is 6.73. The molecule has 4 rings (SSSR count). The molecule has 246 valence electrons. The average Bonchev–Trinajstić information content (AvgIpc) is 3.05. The zero-order valence-corrected chi connectivity index (χ0v) is 26.2. The molecule has 1 heterocycles. The highest BCUT2D eigenvalue weighted by atomic mass is 35.5. The Morgan fingerprint density at radius 2 is 1.60 bits per heavy atom. The molecule has 0 spiro atoms. The van der Waals surface area contributed by atoms with Gasteiger partial charge < -0.3 is 39.4 Å². The number of esters is 1. The average molecular weight is 671 g/mol. The van der Waals surface area contributed by atoms with E-state index in [0.717, 1.165) is 12.1 Å². The lowest BCUT2D eigenvalue weighted by molar-refractivity contribution is 0.0383. The van der Waals surface area contributed by atoms with Gasteiger partial charge in [-0.25, -0.2) is 4.79 Å². The Hall–Kier alpha value is -5.63. The van der Waals surface area contributed by atoms with Crippen LogP contribution in [0.2, 0.25) is 0 Å². The number of ether oxygens (including phenoxy) is 5. The highest BCUT2D eigenvalue weighted by Crippen LogP contribution is 2.43. The summed E-state index contributed by atoms with van der Waals surface area (Å²) >= 11 is 5.71. The number of benzene rings is 3. The third kappa shape index (κ3) is 7.97. The molecule has 4 N–H and O–H groups in total. The predicted molar refractivity (Wildman–Crippen MR) is 167 cm³/mol. The standard InChI is InChI=1S/C32H29ClF2N4O8/c1-16(15-33)44-32(42)19-9-11-22(24(14-19)43-4)46-27-25(34)29(45-20-7-5-6-18(12-20)31(41)39(2)3)38-30(26(27)35)47-23-13-17(28(36)37)8-10-21(23)40/h5-14,16,40H,15H2,1-4H3,(H3,36,37). The van der Waals surface area contributed by atoms with E-state index in [9.17, 15) is 14.7 Å². The van der Waals surface area contributed by atoms with Crippen molar-refractivity contribution in [2.24, 2.45) is 5.73 Å². The number of amidine groups is 1. The van der Waals surface area contributed by atoms with E-state index in [2.05, 4.69) is 4.98 Å². The SMILES string of the molecule is COc1cc(C(=O)OC(C)CCl)ccc1Oc1c(F)c(Oc2cccc(C(=O)N(C)C)c2)nc(Oc2cc(C(=N)N)ccc2O)c1F. The Balaban J connectivity index is 1.81. The molecule has 0 fully saturated rings. The largest absolute Gasteiger partial charge is 0.504 e. The van der Waals surface area contributed by atoms with Crippen LogP contribution in [0.25, 0.3) is 0 Å². The van der Waals surface area contributed by atoms with Crippen LogP contribution in [0.3, 0.4) is 0 Å². The first-order valence-corrected chi connectivity index (χ1v) is 14.2. The Kier molecular flexibility index (Phi) is 10.7. The zero-order valence-electron chi connectivity index (χ0n) is 25.5. The molecule has 1 amide bonds. The van der Waals surface area contributed by atoms with Gasteiger partial charge in [0.15, 0.2) is 23.0 Å². The smallest absolute Gasteiger partial charge is 0.338 e. The second-order valence-corrected chi connectivity index (χ2v) is 10.4. The van der Waals surface area contributed by atoms with Crippen molar-refractivity contribution >= 4 is 29.3 Å². The van der Waals surface area contributed by atoms with Crippen LogP contribution in [0.15, 0.2) is 60.7 Å². The highest BCUT2D eigenvalue weighted by molar-refractivity contribution is 6.18. The number of phenolic OH excluding ortho intramolecular Hbond substituents is 1. The number of nitrogens with one attached hydrogen (secondary N) is 1. The number of halogens is 3. The van der Waals surface area contributed by atoms with Crippen LogP contribution in [0.5, 0.6) is 46.3 Å². The van der Waals surface area contributed by atoms with Crippen molar-refractivity contribution in [3.8, 4) is 46.3 Å². The topological polar surface area (TPSA) is 167 Å². The molecule has 0 aliphatic heterocycles. The number of hydrogen-bond donors (Lipinski definition) is 3. The predicted octanol–water partition coefficient (Wildman–Crippen LogP) is 6.22. The molecule has 0 saturated carbocycles. The van der Waals surface area contributed by atoms with Gasteiger partial charge in [-0.05, 0) is 61.5 Å². The van der Waals surface area contributed by atoms with Crippen molar-refractivity contribution < 1.29 is 47.2 Å². The maximum absolute atomic E-state index is 16.0. The van der Waals surface area contributed by atoms with Crippen molar-refractivity contribution in [3.05, 3.63) is 89.0 Å². The van der Waals surface area contributed by atoms with Gasteiger partial charge in [0.25, 0.3) is 17.7 Å². The summed E-state index contributed by atoms with van der Waals surface area (Å²) in [4.78, 5) is 30.1. The zero-order chi connectivity index (χ0) is 34.4. The van der Waals surface area contributed by atoms with E-state index in [-0.39, 0.29) is 57.3 Å². The maximum atomic E-state index is 16.0. The molecule has 0 aliphatic carbocycles. The highest BCUT2D eigenvalue weighted by Gasteiger charge is 2.28. The number of nitrogens with two attached hydrogens (primary N) is 1. The monoisotopic (exact) mass is 670 g/mol. The molecule has 15 heteroatoms. The van der Waals surface area contributed by atoms with Crippen molar-refractivity contribution in [3.63, 3.8) is 0 Å². The van der Waals surface area contributed by atoms with E-state index < -0.39 is 47.0 Å². The van der Waals surface area contributed by atoms with Crippen molar-refractivity contribution in [1.82, 2.24) is 9.88 Å². The van der Waals surface area contributed by atoms with Gasteiger partial charge in [0.05, 0.1) is 18.6 Å². The van der Waals surface area contributed by atoms with Crippen LogP contribution in [0.4, 0.5) is 8.78 Å². The summed E-state index contributed by atoms with van der Waals surface area (Å²) in [6.45, 7) is 1.60. The minimum atomic E-state index is -1.46. The third-order valence-electron chi connectivity index (χ3n) is 6.29. The first-order chi connectivity index (χ1) is 22.3. The van der Waals surface area contributed by atoms with E-state index in [4.69, 9.17) is 46.4 Å². The number of methoxy groups -OCH3 is 1. The first-order valence-electron chi connectivity index (χ1n) is 13.7. The maximum Gasteiger partial charge on any atom is 0.338 e. The normalized spacial score (nSPS) is 11.3. The van der Waals surface area contributed by atoms with Crippen molar-refractivity contribution in [2.45, 2.75) is 13.0 Å². The second kappa shape index (κ2) is 14.6. The molecule has 0 radical (unpaired) electrons. The Labute approximate surface area is 272 Å². The van der Waals surface area contributed by atoms with E-state index in [1.165, 1.54) is 60.5 Å². The quantitative estimate of drug-likeness (QED) is 0.0681. The molecule has 12 nitrogen and oxygen atoms in total. The number of aromatic hydroxyl groups is 1. The number of pyridine rings is 1. The lowest BCUT2D eigenvalue weighted by Crippen LogP contribution is -2.21. The summed E-state index contributed by atoms with van der Waals surface area (Å²) in [5.74, 6) is -8.29. The van der Waals surface area contributed by atoms with Crippen LogP contribution in [-0.4, -0.2) is 65.9 Å². The molecular formula is C32H29ClF2N4O8. The molecule has 1 atom stereocenters. The molecule has 3 aromatic carbocycles. The van der Waals surface area contributed by atoms with E-state index in [0.29, 0.717) is 0 Å². The number of phenols is 1. The fourth-order valence-electron chi connectivity index (χ4n) is 3.91. The van der Waals surface area contributed by atoms with Gasteiger partial charge in [0.2, 0.25) is 17.4 Å². The Morgan fingerprint density at radius 1 is 0.936 bits per heavy atom. The fourth-order valence-corrected chi connectivity index (χ4v) is 3.97. The van der Waals surface area contributed by atoms with Crippen LogP contribution in [0.1, 0.15) is 33.2 Å². The minimum Gasteiger partial charge on any atom is -0.504 e. The number of nitrogen functional groups attached to an aromatic ring is 1. The number of hydrogen-bond acceptors (Lipinski definition) is 10. The van der Waals surface area contributed by atoms with Crippen LogP contribution in [-0.2, 0) is 4.74 Å². The molecule has 1 aromatic heterocycles. The second-order valence-electron chi connectivity index (χ2n) is 10.0. The fraction of sp³-hybridized carbons (Fsp3) is 0.188. The lowest BCUT2D eigenvalue weighted by atomic mass is 10.2. The van der Waals surface area contributed by atoms with Crippen molar-refractivity contribution in [1.29, 1.82) is 5.41 Å². The van der Waals surface area contributed by atoms with Gasteiger partial charge in [0, 0.05) is 25.2 Å². The summed E-state index contributed by atoms with van der Waals surface area (Å²) in [5.41, 5.74) is 5.90. The van der Waals surface area contributed by atoms with Gasteiger partial charge in [-0.1, -0.05) is 6.07 Å². The number of amides is 1. The number of aromatic nitrogens is 1. The molecule has 0 bridgehead atoms. The van der Waals surface area contributed by atoms with Crippen molar-refractivity contribution in [2.75, 3.05) is 27.1 Å². The molecular weight excluding hydrogens is 642 g/mol. The number of nitrogens with zero attached hydrogens (tertiary/aromatic N) is 2. The first kappa shape index (κ1) is 34.2. The number of carbonyl (C=O) groups is 2. The molecule has 0 aliphatic rings. The Morgan fingerprint density at radius 3 is 2.23 bits per heavy atom. The number of alkyl halides is 1. The summed E-state index contributed by atoms with van der Waals surface area (Å²) < 4.78 is 59.2. The van der Waals surface area contributed by atoms with Crippen LogP contribution in [0, 0.1) is 17.0 Å². The summed E-state index contributed by atoms with van der Waals surface area (Å²) in [6, 6.07) is 13.1. The van der Waals surface area contributed by atoms with E-state index in [1.807, 2.05) is 0 Å². The van der Waals surface area contributed by atoms with Crippen LogP contribution >= 0.6 is 11.6 Å². The van der Waals surface area contributed by atoms with Gasteiger partial charge in [-0.15, -0.1) is 11.6 Å². The molecule has 4 aromatic rings. The van der Waals surface area contributed by atoms with Crippen LogP contribution < -0.4 is 24.7 Å². The van der Waals surface area contributed by atoms with E-state index >= 15 is 8.78 Å². The Bertz CT molecular complexity index is 1840. The number of carbonyl (C=O) groups excluding carboxylic acids is 2. The molecule has 0 saturated heterocycles. The lowest BCUT2D eigenvalue weighted by Gasteiger charge is -2.17. The number of rotatable bonds is 12. The van der Waals surface area contributed by atoms with Gasteiger partial charge >= 0.3 is 5.97 Å². The molecule has 1 unspecified atom stereocenters. The minimum absolute atomic E-state index is 0.0411. The van der Waals surface area contributed by atoms with Gasteiger partial charge in [-0.3, -0.25) is 10.2 Å². The summed E-state index contributed by atoms with van der Waals surface area (Å²) in [5, 5.41) is 18.0. The molecule has 47 heavy (non-hydrogen) atoms. The van der Waals surface area contributed by atoms with Gasteiger partial charge in [0.1, 0.15) is 17.7 Å². The summed E-state index contributed by atoms with van der Waals surface area (Å²) in [6.07, 6.45) is -0.583.